The lowest BCUT2D eigenvalue weighted by atomic mass is 9.98. The van der Waals surface area contributed by atoms with Crippen LogP contribution in [-0.2, 0) is 0 Å². The molecule has 0 radical (unpaired) electrons. The fraction of sp³-hybridized carbons (Fsp3) is 0.0909. The molecule has 1 N–H and O–H groups in total. The van der Waals surface area contributed by atoms with Gasteiger partial charge in [-0.2, -0.15) is 0 Å². The van der Waals surface area contributed by atoms with E-state index in [4.69, 9.17) is 9.47 Å². The average molecular weight is 362 g/mol. The van der Waals surface area contributed by atoms with E-state index in [0.29, 0.717) is 0 Å². The van der Waals surface area contributed by atoms with E-state index in [2.05, 4.69) is 24.3 Å². The molecule has 0 unspecified atom stereocenters. The molecular formula is C22H18O3S. The Kier molecular flexibility index (Phi) is 4.27. The summed E-state index contributed by atoms with van der Waals surface area (Å²) in [7, 11) is 3.35. The van der Waals surface area contributed by atoms with Gasteiger partial charge in [-0.15, -0.1) is 11.3 Å². The van der Waals surface area contributed by atoms with Crippen molar-refractivity contribution in [2.45, 2.75) is 0 Å². The molecule has 0 saturated carbocycles. The molecule has 0 spiro atoms. The topological polar surface area (TPSA) is 38.7 Å². The van der Waals surface area contributed by atoms with E-state index in [9.17, 15) is 5.11 Å². The third kappa shape index (κ3) is 2.89. The van der Waals surface area contributed by atoms with Gasteiger partial charge in [0, 0.05) is 20.5 Å². The highest BCUT2D eigenvalue weighted by atomic mass is 32.1. The number of hydrogen-bond acceptors (Lipinski definition) is 4. The maximum absolute atomic E-state index is 9.65. The zero-order valence-electron chi connectivity index (χ0n) is 14.5. The van der Waals surface area contributed by atoms with E-state index in [1.807, 2.05) is 30.3 Å². The van der Waals surface area contributed by atoms with Gasteiger partial charge in [0.05, 0.1) is 14.2 Å². The van der Waals surface area contributed by atoms with Gasteiger partial charge in [0.2, 0.25) is 0 Å². The minimum absolute atomic E-state index is 0.265. The molecule has 3 aromatic carbocycles. The Labute approximate surface area is 156 Å². The number of rotatable bonds is 4. The van der Waals surface area contributed by atoms with Gasteiger partial charge >= 0.3 is 0 Å². The predicted molar refractivity (Wildman–Crippen MR) is 107 cm³/mol. The van der Waals surface area contributed by atoms with Crippen LogP contribution < -0.4 is 9.47 Å². The van der Waals surface area contributed by atoms with Crippen LogP contribution in [0.1, 0.15) is 0 Å². The number of benzene rings is 3. The Morgan fingerprint density at radius 2 is 1.35 bits per heavy atom. The summed E-state index contributed by atoms with van der Waals surface area (Å²) >= 11 is 1.74. The van der Waals surface area contributed by atoms with Crippen molar-refractivity contribution in [3.63, 3.8) is 0 Å². The van der Waals surface area contributed by atoms with E-state index in [1.165, 1.54) is 15.0 Å². The Balaban J connectivity index is 1.97. The first-order valence-corrected chi connectivity index (χ1v) is 9.05. The molecule has 1 heterocycles. The van der Waals surface area contributed by atoms with Gasteiger partial charge in [-0.25, -0.2) is 0 Å². The minimum Gasteiger partial charge on any atom is -0.508 e. The zero-order valence-corrected chi connectivity index (χ0v) is 15.3. The summed E-state index contributed by atoms with van der Waals surface area (Å²) in [6.07, 6.45) is 0. The van der Waals surface area contributed by atoms with Crippen LogP contribution in [0.2, 0.25) is 0 Å². The smallest absolute Gasteiger partial charge is 0.120 e. The van der Waals surface area contributed by atoms with E-state index in [1.54, 1.807) is 37.7 Å². The van der Waals surface area contributed by atoms with Gasteiger partial charge in [0.25, 0.3) is 0 Å². The van der Waals surface area contributed by atoms with Crippen molar-refractivity contribution in [1.29, 1.82) is 0 Å². The van der Waals surface area contributed by atoms with E-state index in [-0.39, 0.29) is 5.75 Å². The normalized spacial score (nSPS) is 10.8. The van der Waals surface area contributed by atoms with E-state index in [0.717, 1.165) is 28.2 Å². The molecule has 4 aromatic rings. The molecule has 0 fully saturated rings. The predicted octanol–water partition coefficient (Wildman–Crippen LogP) is 5.96. The zero-order chi connectivity index (χ0) is 18.1. The number of methoxy groups -OCH3 is 2. The summed E-state index contributed by atoms with van der Waals surface area (Å²) < 4.78 is 11.8. The summed E-state index contributed by atoms with van der Waals surface area (Å²) in [5.74, 6) is 1.95. The molecule has 1 aromatic heterocycles. The van der Waals surface area contributed by atoms with Crippen molar-refractivity contribution in [2.24, 2.45) is 0 Å². The Bertz CT molecular complexity index is 1050. The van der Waals surface area contributed by atoms with Gasteiger partial charge in [-0.1, -0.05) is 12.1 Å². The van der Waals surface area contributed by atoms with Crippen LogP contribution in [-0.4, -0.2) is 19.3 Å². The molecule has 4 rings (SSSR count). The van der Waals surface area contributed by atoms with Crippen LogP contribution in [0.25, 0.3) is 31.7 Å². The fourth-order valence-electron chi connectivity index (χ4n) is 3.06. The largest absolute Gasteiger partial charge is 0.508 e. The number of hydrogen-bond donors (Lipinski definition) is 1. The number of phenols is 1. The minimum atomic E-state index is 0.265. The van der Waals surface area contributed by atoms with Gasteiger partial charge < -0.3 is 14.6 Å². The monoisotopic (exact) mass is 362 g/mol. The SMILES string of the molecule is COc1ccc(-c2sc3cc(OC)ccc3c2-c2ccc(O)cc2)cc1. The fourth-order valence-corrected chi connectivity index (χ4v) is 4.32. The number of ether oxygens (including phenoxy) is 2. The number of thiophene rings is 1. The summed E-state index contributed by atoms with van der Waals surface area (Å²) in [4.78, 5) is 1.18. The lowest BCUT2D eigenvalue weighted by Crippen LogP contribution is -1.84. The van der Waals surface area contributed by atoms with E-state index < -0.39 is 0 Å². The van der Waals surface area contributed by atoms with Crippen molar-refractivity contribution >= 4 is 21.4 Å². The molecular weight excluding hydrogens is 344 g/mol. The van der Waals surface area contributed by atoms with Crippen LogP contribution in [0.3, 0.4) is 0 Å². The average Bonchev–Trinajstić information content (AvgIpc) is 3.07. The molecule has 3 nitrogen and oxygen atoms in total. The summed E-state index contributed by atoms with van der Waals surface area (Å²) in [6, 6.07) is 21.6. The number of aromatic hydroxyl groups is 1. The standard InChI is InChI=1S/C22H18O3S/c1-24-17-9-5-15(6-10-17)22-21(14-3-7-16(23)8-4-14)19-12-11-18(25-2)13-20(19)26-22/h3-13,23H,1-2H3. The second-order valence-corrected chi connectivity index (χ2v) is 7.00. The molecule has 0 aliphatic heterocycles. The molecule has 0 bridgehead atoms. The van der Waals surface area contributed by atoms with Crippen LogP contribution in [0.5, 0.6) is 17.2 Å². The summed E-state index contributed by atoms with van der Waals surface area (Å²) in [5, 5.41) is 10.8. The molecule has 0 amide bonds. The Morgan fingerprint density at radius 1 is 0.731 bits per heavy atom. The first kappa shape index (κ1) is 16.5. The lowest BCUT2D eigenvalue weighted by molar-refractivity contribution is 0.415. The highest BCUT2D eigenvalue weighted by Crippen LogP contribution is 2.46. The molecule has 26 heavy (non-hydrogen) atoms. The number of fused-ring (bicyclic) bond motifs is 1. The third-order valence-electron chi connectivity index (χ3n) is 4.41. The molecule has 130 valence electrons. The quantitative estimate of drug-likeness (QED) is 0.487. The maximum atomic E-state index is 9.65. The van der Waals surface area contributed by atoms with Crippen molar-refractivity contribution in [2.75, 3.05) is 14.2 Å². The molecule has 0 aliphatic rings. The summed E-state index contributed by atoms with van der Waals surface area (Å²) in [5.41, 5.74) is 3.37. The van der Waals surface area contributed by atoms with Crippen LogP contribution >= 0.6 is 11.3 Å². The maximum Gasteiger partial charge on any atom is 0.120 e. The first-order valence-electron chi connectivity index (χ1n) is 8.24. The highest BCUT2D eigenvalue weighted by Gasteiger charge is 2.16. The van der Waals surface area contributed by atoms with E-state index >= 15 is 0 Å². The Hall–Kier alpha value is -2.98. The number of phenolic OH excluding ortho intramolecular Hbond substituents is 1. The van der Waals surface area contributed by atoms with Crippen LogP contribution in [0, 0.1) is 0 Å². The van der Waals surface area contributed by atoms with Crippen molar-refractivity contribution in [1.82, 2.24) is 0 Å². The molecule has 0 saturated heterocycles. The van der Waals surface area contributed by atoms with Crippen molar-refractivity contribution in [3.05, 3.63) is 66.7 Å². The lowest BCUT2D eigenvalue weighted by Gasteiger charge is -2.07. The summed E-state index contributed by atoms with van der Waals surface area (Å²) in [6.45, 7) is 0. The van der Waals surface area contributed by atoms with Crippen LogP contribution in [0.15, 0.2) is 66.7 Å². The molecule has 0 atom stereocenters. The first-order chi connectivity index (χ1) is 12.7. The molecule has 0 aliphatic carbocycles. The van der Waals surface area contributed by atoms with Crippen molar-refractivity contribution in [3.8, 4) is 38.8 Å². The molecule has 4 heteroatoms. The van der Waals surface area contributed by atoms with Gasteiger partial charge in [0.15, 0.2) is 0 Å². The van der Waals surface area contributed by atoms with Gasteiger partial charge in [0.1, 0.15) is 17.2 Å². The van der Waals surface area contributed by atoms with Gasteiger partial charge in [-0.3, -0.25) is 0 Å². The Morgan fingerprint density at radius 3 is 2.00 bits per heavy atom. The van der Waals surface area contributed by atoms with Crippen LogP contribution in [0.4, 0.5) is 0 Å². The van der Waals surface area contributed by atoms with Crippen molar-refractivity contribution < 1.29 is 14.6 Å². The van der Waals surface area contributed by atoms with Gasteiger partial charge in [-0.05, 0) is 65.7 Å². The second kappa shape index (κ2) is 6.73. The second-order valence-electron chi connectivity index (χ2n) is 5.94. The third-order valence-corrected chi connectivity index (χ3v) is 5.61. The highest BCUT2D eigenvalue weighted by molar-refractivity contribution is 7.23.